The molecular formula is C15H22N2O3. The van der Waals surface area contributed by atoms with Crippen LogP contribution in [0, 0.1) is 0 Å². The van der Waals surface area contributed by atoms with Crippen molar-refractivity contribution in [2.75, 3.05) is 14.2 Å². The van der Waals surface area contributed by atoms with Gasteiger partial charge in [0, 0.05) is 24.4 Å². The van der Waals surface area contributed by atoms with Crippen LogP contribution in [0.5, 0.6) is 17.2 Å². The summed E-state index contributed by atoms with van der Waals surface area (Å²) in [4.78, 5) is 4.53. The summed E-state index contributed by atoms with van der Waals surface area (Å²) < 4.78 is 10.4. The van der Waals surface area contributed by atoms with E-state index in [1.165, 1.54) is 6.42 Å². The predicted molar refractivity (Wildman–Crippen MR) is 79.0 cm³/mol. The molecule has 0 saturated heterocycles. The molecule has 3 N–H and O–H groups in total. The molecule has 0 amide bonds. The van der Waals surface area contributed by atoms with Crippen LogP contribution in [-0.2, 0) is 0 Å². The highest BCUT2D eigenvalue weighted by molar-refractivity contribution is 5.88. The summed E-state index contributed by atoms with van der Waals surface area (Å²) >= 11 is 0. The Morgan fingerprint density at radius 2 is 2.00 bits per heavy atom. The number of phenolic OH excluding ortho intramolecular Hbond substituents is 1. The van der Waals surface area contributed by atoms with E-state index < -0.39 is 0 Å². The summed E-state index contributed by atoms with van der Waals surface area (Å²) in [5.74, 6) is 1.18. The topological polar surface area (TPSA) is 77.1 Å². The first-order chi connectivity index (χ1) is 9.65. The zero-order valence-corrected chi connectivity index (χ0v) is 12.0. The lowest BCUT2D eigenvalue weighted by molar-refractivity contribution is 0.382. The van der Waals surface area contributed by atoms with Crippen molar-refractivity contribution in [1.82, 2.24) is 0 Å². The van der Waals surface area contributed by atoms with Crippen LogP contribution >= 0.6 is 0 Å². The quantitative estimate of drug-likeness (QED) is 0.827. The van der Waals surface area contributed by atoms with Crippen LogP contribution in [0.15, 0.2) is 17.1 Å². The lowest BCUT2D eigenvalue weighted by Gasteiger charge is -2.25. The summed E-state index contributed by atoms with van der Waals surface area (Å²) in [5.41, 5.74) is 6.63. The number of hydrogen-bond donors (Lipinski definition) is 2. The van der Waals surface area contributed by atoms with Gasteiger partial charge in [0.25, 0.3) is 0 Å². The molecule has 1 saturated carbocycles. The second kappa shape index (κ2) is 6.61. The number of rotatable bonds is 4. The van der Waals surface area contributed by atoms with Crippen molar-refractivity contribution in [3.05, 3.63) is 17.7 Å². The smallest absolute Gasteiger partial charge is 0.135 e. The third-order valence-electron chi connectivity index (χ3n) is 3.73. The number of phenols is 1. The number of methoxy groups -OCH3 is 2. The van der Waals surface area contributed by atoms with Crippen LogP contribution in [0.1, 0.15) is 31.2 Å². The molecule has 0 aromatic heterocycles. The van der Waals surface area contributed by atoms with Crippen molar-refractivity contribution in [1.29, 1.82) is 0 Å². The van der Waals surface area contributed by atoms with Gasteiger partial charge < -0.3 is 20.3 Å². The number of aliphatic imine (C=N–C) groups is 1. The third kappa shape index (κ3) is 3.22. The fourth-order valence-corrected chi connectivity index (χ4v) is 2.50. The van der Waals surface area contributed by atoms with Crippen molar-refractivity contribution in [2.24, 2.45) is 10.7 Å². The molecule has 0 aliphatic heterocycles. The Kier molecular flexibility index (Phi) is 4.84. The van der Waals surface area contributed by atoms with Gasteiger partial charge in [0.1, 0.15) is 17.2 Å². The van der Waals surface area contributed by atoms with Gasteiger partial charge in [-0.2, -0.15) is 0 Å². The van der Waals surface area contributed by atoms with E-state index >= 15 is 0 Å². The van der Waals surface area contributed by atoms with Gasteiger partial charge in [-0.3, -0.25) is 4.99 Å². The number of nitrogens with two attached hydrogens (primary N) is 1. The summed E-state index contributed by atoms with van der Waals surface area (Å²) in [7, 11) is 3.10. The maximum Gasteiger partial charge on any atom is 0.135 e. The Morgan fingerprint density at radius 1 is 1.25 bits per heavy atom. The van der Waals surface area contributed by atoms with Crippen molar-refractivity contribution in [3.63, 3.8) is 0 Å². The number of benzene rings is 1. The van der Waals surface area contributed by atoms with E-state index in [1.807, 2.05) is 0 Å². The van der Waals surface area contributed by atoms with Gasteiger partial charge in [0.2, 0.25) is 0 Å². The summed E-state index contributed by atoms with van der Waals surface area (Å²) in [6, 6.07) is 3.49. The Labute approximate surface area is 119 Å². The van der Waals surface area contributed by atoms with Gasteiger partial charge in [-0.05, 0) is 12.8 Å². The average molecular weight is 278 g/mol. The van der Waals surface area contributed by atoms with Crippen molar-refractivity contribution in [3.8, 4) is 17.2 Å². The molecule has 0 heterocycles. The van der Waals surface area contributed by atoms with Crippen LogP contribution in [0.3, 0.4) is 0 Å². The van der Waals surface area contributed by atoms with Crippen molar-refractivity contribution < 1.29 is 14.6 Å². The first-order valence-corrected chi connectivity index (χ1v) is 6.89. The monoisotopic (exact) mass is 278 g/mol. The Balaban J connectivity index is 2.23. The molecule has 5 nitrogen and oxygen atoms in total. The lowest BCUT2D eigenvalue weighted by Crippen LogP contribution is -2.36. The van der Waals surface area contributed by atoms with E-state index in [9.17, 15) is 5.11 Å². The van der Waals surface area contributed by atoms with E-state index in [0.717, 1.165) is 19.3 Å². The Hall–Kier alpha value is -1.75. The molecule has 110 valence electrons. The first-order valence-electron chi connectivity index (χ1n) is 6.89. The number of nitrogens with zero attached hydrogens (tertiary/aromatic N) is 1. The highest BCUT2D eigenvalue weighted by Gasteiger charge is 2.20. The zero-order chi connectivity index (χ0) is 14.5. The molecule has 2 rings (SSSR count). The molecule has 1 aromatic rings. The van der Waals surface area contributed by atoms with E-state index in [-0.39, 0.29) is 17.8 Å². The van der Waals surface area contributed by atoms with E-state index in [1.54, 1.807) is 32.6 Å². The van der Waals surface area contributed by atoms with Crippen LogP contribution in [0.25, 0.3) is 0 Å². The van der Waals surface area contributed by atoms with Gasteiger partial charge in [0.15, 0.2) is 0 Å². The summed E-state index contributed by atoms with van der Waals surface area (Å²) in [5, 5.41) is 10.0. The standard InChI is InChI=1S/C15H22N2O3/c1-19-10-7-14(18)11(15(8-10)20-2)9-17-13-6-4-3-5-12(13)16/h7-9,12-13,18H,3-6,16H2,1-2H3/t12-,13-/m0/s1. The highest BCUT2D eigenvalue weighted by Crippen LogP contribution is 2.32. The van der Waals surface area contributed by atoms with Gasteiger partial charge in [-0.15, -0.1) is 0 Å². The maximum absolute atomic E-state index is 10.0. The van der Waals surface area contributed by atoms with Crippen molar-refractivity contribution in [2.45, 2.75) is 37.8 Å². The number of ether oxygens (including phenoxy) is 2. The zero-order valence-electron chi connectivity index (χ0n) is 12.0. The molecule has 0 unspecified atom stereocenters. The maximum atomic E-state index is 10.0. The normalized spacial score (nSPS) is 22.9. The SMILES string of the molecule is COc1cc(O)c(C=N[C@H]2CCCC[C@@H]2N)c(OC)c1. The molecule has 2 atom stereocenters. The first kappa shape index (κ1) is 14.7. The van der Waals surface area contributed by atoms with Crippen LogP contribution in [0.2, 0.25) is 0 Å². The van der Waals surface area contributed by atoms with E-state index in [0.29, 0.717) is 17.1 Å². The van der Waals surface area contributed by atoms with Gasteiger partial charge >= 0.3 is 0 Å². The highest BCUT2D eigenvalue weighted by atomic mass is 16.5. The molecule has 0 bridgehead atoms. The van der Waals surface area contributed by atoms with Crippen LogP contribution in [0.4, 0.5) is 0 Å². The van der Waals surface area contributed by atoms with Crippen LogP contribution < -0.4 is 15.2 Å². The largest absolute Gasteiger partial charge is 0.507 e. The van der Waals surface area contributed by atoms with E-state index in [2.05, 4.69) is 4.99 Å². The Morgan fingerprint density at radius 3 is 2.65 bits per heavy atom. The molecule has 1 aromatic carbocycles. The lowest BCUT2D eigenvalue weighted by atomic mass is 9.91. The minimum atomic E-state index is 0.0920. The molecule has 0 spiro atoms. The molecule has 20 heavy (non-hydrogen) atoms. The van der Waals surface area contributed by atoms with E-state index in [4.69, 9.17) is 15.2 Å². The molecule has 0 radical (unpaired) electrons. The second-order valence-electron chi connectivity index (χ2n) is 5.06. The molecular weight excluding hydrogens is 256 g/mol. The molecule has 5 heteroatoms. The minimum Gasteiger partial charge on any atom is -0.507 e. The number of hydrogen-bond acceptors (Lipinski definition) is 5. The van der Waals surface area contributed by atoms with Gasteiger partial charge in [0.05, 0.1) is 25.8 Å². The molecule has 1 aliphatic rings. The summed E-state index contributed by atoms with van der Waals surface area (Å²) in [6.07, 6.45) is 5.99. The minimum absolute atomic E-state index is 0.0920. The Bertz CT molecular complexity index is 488. The van der Waals surface area contributed by atoms with Crippen LogP contribution in [-0.4, -0.2) is 37.6 Å². The second-order valence-corrected chi connectivity index (χ2v) is 5.06. The molecule has 1 fully saturated rings. The third-order valence-corrected chi connectivity index (χ3v) is 3.73. The van der Waals surface area contributed by atoms with Gasteiger partial charge in [-0.25, -0.2) is 0 Å². The fraction of sp³-hybridized carbons (Fsp3) is 0.533. The predicted octanol–water partition coefficient (Wildman–Crippen LogP) is 2.10. The fourth-order valence-electron chi connectivity index (χ4n) is 2.50. The average Bonchev–Trinajstić information content (AvgIpc) is 2.46. The molecule has 1 aliphatic carbocycles. The number of aromatic hydroxyl groups is 1. The summed E-state index contributed by atoms with van der Waals surface area (Å²) in [6.45, 7) is 0. The van der Waals surface area contributed by atoms with Gasteiger partial charge in [-0.1, -0.05) is 12.8 Å². The van der Waals surface area contributed by atoms with Crippen molar-refractivity contribution >= 4 is 6.21 Å².